The van der Waals surface area contributed by atoms with Gasteiger partial charge in [0.2, 0.25) is 0 Å². The minimum absolute atomic E-state index is 0.0230. The molecule has 1 aromatic carbocycles. The van der Waals surface area contributed by atoms with E-state index in [0.717, 1.165) is 12.8 Å². The molecular weight excluding hydrogens is 415 g/mol. The van der Waals surface area contributed by atoms with Gasteiger partial charge in [0.05, 0.1) is 5.02 Å². The molecule has 0 bridgehead atoms. The van der Waals surface area contributed by atoms with Crippen LogP contribution in [-0.4, -0.2) is 46.0 Å². The topological polar surface area (TPSA) is 94.6 Å². The molecular formula is C20H20Cl2N4O3. The summed E-state index contributed by atoms with van der Waals surface area (Å²) in [5.41, 5.74) is 2.73. The molecule has 1 aromatic heterocycles. The molecule has 0 atom stereocenters. The Morgan fingerprint density at radius 1 is 1.21 bits per heavy atom. The second-order valence-electron chi connectivity index (χ2n) is 6.63. The Bertz CT molecular complexity index is 928. The van der Waals surface area contributed by atoms with Gasteiger partial charge < -0.3 is 10.2 Å². The summed E-state index contributed by atoms with van der Waals surface area (Å²) in [6.45, 7) is 1.25. The molecule has 0 radical (unpaired) electrons. The number of carbonyl (C=O) groups is 2. The van der Waals surface area contributed by atoms with Crippen molar-refractivity contribution < 1.29 is 14.8 Å². The van der Waals surface area contributed by atoms with Crippen LogP contribution in [0.3, 0.4) is 0 Å². The molecule has 3 N–H and O–H groups in total. The summed E-state index contributed by atoms with van der Waals surface area (Å²) in [4.78, 5) is 29.8. The van der Waals surface area contributed by atoms with Crippen molar-refractivity contribution in [2.75, 3.05) is 18.4 Å². The number of hydrogen-bond acceptors (Lipinski definition) is 5. The first kappa shape index (κ1) is 21.1. The van der Waals surface area contributed by atoms with Gasteiger partial charge in [-0.3, -0.25) is 14.8 Å². The number of amides is 2. The van der Waals surface area contributed by atoms with Crippen LogP contribution in [0, 0.1) is 0 Å². The number of aromatic nitrogens is 1. The van der Waals surface area contributed by atoms with Crippen LogP contribution < -0.4 is 10.8 Å². The number of halogens is 2. The first-order valence-corrected chi connectivity index (χ1v) is 9.81. The first-order valence-electron chi connectivity index (χ1n) is 9.05. The van der Waals surface area contributed by atoms with Crippen LogP contribution in [0.15, 0.2) is 42.6 Å². The molecule has 2 heterocycles. The van der Waals surface area contributed by atoms with Crippen LogP contribution in [0.1, 0.15) is 28.8 Å². The zero-order valence-electron chi connectivity index (χ0n) is 15.4. The highest BCUT2D eigenvalue weighted by molar-refractivity contribution is 6.33. The van der Waals surface area contributed by atoms with Gasteiger partial charge in [0.25, 0.3) is 11.8 Å². The number of piperidine rings is 1. The second kappa shape index (κ2) is 9.73. The Morgan fingerprint density at radius 2 is 1.97 bits per heavy atom. The van der Waals surface area contributed by atoms with E-state index in [1.807, 2.05) is 4.90 Å². The zero-order valence-corrected chi connectivity index (χ0v) is 17.0. The summed E-state index contributed by atoms with van der Waals surface area (Å²) in [6, 6.07) is 8.78. The molecule has 0 aliphatic carbocycles. The summed E-state index contributed by atoms with van der Waals surface area (Å²) in [5, 5.41) is 12.8. The van der Waals surface area contributed by atoms with Gasteiger partial charge in [-0.05, 0) is 48.7 Å². The molecule has 0 unspecified atom stereocenters. The van der Waals surface area contributed by atoms with Gasteiger partial charge in [0.15, 0.2) is 0 Å². The molecule has 9 heteroatoms. The third-order valence-corrected chi connectivity index (χ3v) is 5.12. The molecule has 3 rings (SSSR count). The predicted octanol–water partition coefficient (Wildman–Crippen LogP) is 3.62. The fourth-order valence-electron chi connectivity index (χ4n) is 3.08. The van der Waals surface area contributed by atoms with Gasteiger partial charge in [-0.25, -0.2) is 10.5 Å². The maximum absolute atomic E-state index is 12.6. The monoisotopic (exact) mass is 434 g/mol. The number of likely N-dealkylation sites (tertiary alicyclic amines) is 1. The van der Waals surface area contributed by atoms with E-state index in [0.29, 0.717) is 40.1 Å². The maximum Gasteiger partial charge on any atom is 0.267 e. The van der Waals surface area contributed by atoms with E-state index in [4.69, 9.17) is 28.4 Å². The van der Waals surface area contributed by atoms with Crippen molar-refractivity contribution in [3.63, 3.8) is 0 Å². The normalized spacial score (nSPS) is 14.8. The Labute approximate surface area is 178 Å². The molecule has 1 aliphatic rings. The number of anilines is 1. The Kier molecular flexibility index (Phi) is 7.09. The van der Waals surface area contributed by atoms with Crippen LogP contribution in [0.2, 0.25) is 10.0 Å². The van der Waals surface area contributed by atoms with Gasteiger partial charge in [-0.1, -0.05) is 29.3 Å². The Morgan fingerprint density at radius 3 is 2.62 bits per heavy atom. The van der Waals surface area contributed by atoms with Crippen molar-refractivity contribution >= 4 is 46.9 Å². The molecule has 2 amide bonds. The Balaban J connectivity index is 1.56. The number of nitrogens with zero attached hydrogens (tertiary/aromatic N) is 2. The van der Waals surface area contributed by atoms with Crippen LogP contribution in [0.5, 0.6) is 0 Å². The van der Waals surface area contributed by atoms with Crippen LogP contribution in [-0.2, 0) is 4.79 Å². The van der Waals surface area contributed by atoms with E-state index in [-0.39, 0.29) is 11.9 Å². The molecule has 29 heavy (non-hydrogen) atoms. The fourth-order valence-corrected chi connectivity index (χ4v) is 3.50. The quantitative estimate of drug-likeness (QED) is 0.379. The van der Waals surface area contributed by atoms with E-state index >= 15 is 0 Å². The molecule has 0 spiro atoms. The Hall–Kier alpha value is -2.61. The SMILES string of the molecule is O=C(C=Cc1cnc(NC2CCN(C(=O)c3cccc(Cl)c3)CC2)c(Cl)c1)NO. The van der Waals surface area contributed by atoms with Crippen LogP contribution in [0.4, 0.5) is 5.82 Å². The first-order chi connectivity index (χ1) is 14.0. The van der Waals surface area contributed by atoms with Gasteiger partial charge in [0, 0.05) is 42.0 Å². The maximum atomic E-state index is 12.6. The van der Waals surface area contributed by atoms with E-state index in [1.165, 1.54) is 17.6 Å². The smallest absolute Gasteiger partial charge is 0.267 e. The van der Waals surface area contributed by atoms with Crippen molar-refractivity contribution in [2.24, 2.45) is 0 Å². The van der Waals surface area contributed by atoms with Gasteiger partial charge in [-0.15, -0.1) is 0 Å². The highest BCUT2D eigenvalue weighted by Gasteiger charge is 2.24. The third-order valence-electron chi connectivity index (χ3n) is 4.59. The third kappa shape index (κ3) is 5.69. The number of rotatable bonds is 5. The van der Waals surface area contributed by atoms with E-state index in [1.54, 1.807) is 36.5 Å². The minimum Gasteiger partial charge on any atom is -0.366 e. The standard InChI is InChI=1S/C20H20Cl2N4O3/c21-15-3-1-2-14(11-15)20(28)26-8-6-16(7-9-26)24-19-17(22)10-13(12-23-19)4-5-18(27)25-29/h1-5,10-12,16,29H,6-9H2,(H,23,24)(H,25,27). The molecule has 0 saturated carbocycles. The number of carbonyl (C=O) groups excluding carboxylic acids is 2. The highest BCUT2D eigenvalue weighted by Crippen LogP contribution is 2.24. The molecule has 7 nitrogen and oxygen atoms in total. The zero-order chi connectivity index (χ0) is 20.8. The number of hydrogen-bond donors (Lipinski definition) is 3. The molecule has 152 valence electrons. The lowest BCUT2D eigenvalue weighted by Crippen LogP contribution is -2.42. The van der Waals surface area contributed by atoms with Crippen molar-refractivity contribution in [3.8, 4) is 0 Å². The largest absolute Gasteiger partial charge is 0.366 e. The van der Waals surface area contributed by atoms with Crippen molar-refractivity contribution in [1.29, 1.82) is 0 Å². The fraction of sp³-hybridized carbons (Fsp3) is 0.250. The van der Waals surface area contributed by atoms with Crippen molar-refractivity contribution in [3.05, 3.63) is 63.8 Å². The van der Waals surface area contributed by atoms with Crippen molar-refractivity contribution in [1.82, 2.24) is 15.4 Å². The number of nitrogens with one attached hydrogen (secondary N) is 2. The lowest BCUT2D eigenvalue weighted by Gasteiger charge is -2.33. The number of hydroxylamine groups is 1. The molecule has 2 aromatic rings. The average molecular weight is 435 g/mol. The van der Waals surface area contributed by atoms with Gasteiger partial charge in [0.1, 0.15) is 5.82 Å². The van der Waals surface area contributed by atoms with Crippen molar-refractivity contribution in [2.45, 2.75) is 18.9 Å². The van der Waals surface area contributed by atoms with E-state index < -0.39 is 5.91 Å². The van der Waals surface area contributed by atoms with E-state index in [2.05, 4.69) is 10.3 Å². The molecule has 1 aliphatic heterocycles. The lowest BCUT2D eigenvalue weighted by atomic mass is 10.0. The number of benzene rings is 1. The average Bonchev–Trinajstić information content (AvgIpc) is 2.73. The van der Waals surface area contributed by atoms with E-state index in [9.17, 15) is 9.59 Å². The number of pyridine rings is 1. The summed E-state index contributed by atoms with van der Waals surface area (Å²) in [5.74, 6) is -0.109. The second-order valence-corrected chi connectivity index (χ2v) is 7.47. The van der Waals surface area contributed by atoms with Crippen LogP contribution in [0.25, 0.3) is 6.08 Å². The lowest BCUT2D eigenvalue weighted by molar-refractivity contribution is -0.124. The predicted molar refractivity (Wildman–Crippen MR) is 112 cm³/mol. The summed E-state index contributed by atoms with van der Waals surface area (Å²) < 4.78 is 0. The summed E-state index contributed by atoms with van der Waals surface area (Å²) >= 11 is 12.3. The minimum atomic E-state index is -0.637. The highest BCUT2D eigenvalue weighted by atomic mass is 35.5. The molecule has 1 fully saturated rings. The summed E-state index contributed by atoms with van der Waals surface area (Å²) in [7, 11) is 0. The van der Waals surface area contributed by atoms with Gasteiger partial charge in [-0.2, -0.15) is 0 Å². The van der Waals surface area contributed by atoms with Crippen LogP contribution >= 0.6 is 23.2 Å². The molecule has 1 saturated heterocycles. The summed E-state index contributed by atoms with van der Waals surface area (Å²) in [6.07, 6.45) is 5.78. The van der Waals surface area contributed by atoms with Gasteiger partial charge >= 0.3 is 0 Å².